The number of amides is 1. The Morgan fingerprint density at radius 2 is 2.17 bits per heavy atom. The van der Waals surface area contributed by atoms with E-state index in [0.717, 1.165) is 19.6 Å². The Hall–Kier alpha value is -0.650. The van der Waals surface area contributed by atoms with Crippen LogP contribution >= 0.6 is 0 Å². The summed E-state index contributed by atoms with van der Waals surface area (Å²) in [5, 5.41) is 3.43. The zero-order valence-electron chi connectivity index (χ0n) is 11.1. The molecule has 102 valence electrons. The second-order valence-corrected chi connectivity index (χ2v) is 6.06. The van der Waals surface area contributed by atoms with Crippen LogP contribution in [0.25, 0.3) is 0 Å². The number of fused-ring (bicyclic) bond motifs is 1. The van der Waals surface area contributed by atoms with E-state index in [4.69, 9.17) is 9.47 Å². The number of nitrogens with one attached hydrogen (secondary N) is 1. The lowest BCUT2D eigenvalue weighted by molar-refractivity contribution is -0.161. The molecule has 3 unspecified atom stereocenters. The van der Waals surface area contributed by atoms with Gasteiger partial charge < -0.3 is 19.7 Å². The summed E-state index contributed by atoms with van der Waals surface area (Å²) in [5.41, 5.74) is -0.0773. The highest BCUT2D eigenvalue weighted by Gasteiger charge is 2.52. The number of hydrogen-bond donors (Lipinski definition) is 1. The molecule has 3 saturated heterocycles. The molecule has 3 rings (SSSR count). The fourth-order valence-electron chi connectivity index (χ4n) is 3.60. The van der Waals surface area contributed by atoms with E-state index < -0.39 is 6.10 Å². The standard InChI is InChI=1S/C13H22N2O3/c1-13(2)10-6-14-5-9(10)7-15(13)12(16)11-8-17-3-4-18-11/h9-11,14H,3-8H2,1-2H3. The van der Waals surface area contributed by atoms with Gasteiger partial charge in [-0.15, -0.1) is 0 Å². The molecule has 0 aromatic carbocycles. The maximum absolute atomic E-state index is 12.5. The lowest BCUT2D eigenvalue weighted by atomic mass is 9.85. The van der Waals surface area contributed by atoms with Crippen LogP contribution in [0.2, 0.25) is 0 Å². The second-order valence-electron chi connectivity index (χ2n) is 6.06. The fraction of sp³-hybridized carbons (Fsp3) is 0.923. The summed E-state index contributed by atoms with van der Waals surface area (Å²) in [7, 11) is 0. The van der Waals surface area contributed by atoms with Gasteiger partial charge in [0.2, 0.25) is 0 Å². The zero-order valence-corrected chi connectivity index (χ0v) is 11.1. The van der Waals surface area contributed by atoms with Crippen LogP contribution in [0.5, 0.6) is 0 Å². The smallest absolute Gasteiger partial charge is 0.254 e. The van der Waals surface area contributed by atoms with Crippen molar-refractivity contribution in [3.63, 3.8) is 0 Å². The average Bonchev–Trinajstić information content (AvgIpc) is 2.92. The van der Waals surface area contributed by atoms with Crippen molar-refractivity contribution in [3.05, 3.63) is 0 Å². The van der Waals surface area contributed by atoms with E-state index >= 15 is 0 Å². The van der Waals surface area contributed by atoms with Gasteiger partial charge in [0.25, 0.3) is 5.91 Å². The molecule has 1 N–H and O–H groups in total. The van der Waals surface area contributed by atoms with Crippen molar-refractivity contribution < 1.29 is 14.3 Å². The Bertz CT molecular complexity index is 339. The number of hydrogen-bond acceptors (Lipinski definition) is 4. The number of ether oxygens (including phenoxy) is 2. The van der Waals surface area contributed by atoms with Crippen molar-refractivity contribution in [2.24, 2.45) is 11.8 Å². The molecule has 0 saturated carbocycles. The number of carbonyl (C=O) groups is 1. The predicted octanol–water partition coefficient (Wildman–Crippen LogP) is -0.142. The SMILES string of the molecule is CC1(C)C2CNCC2CN1C(=O)C1COCCO1. The van der Waals surface area contributed by atoms with Gasteiger partial charge in [-0.2, -0.15) is 0 Å². The van der Waals surface area contributed by atoms with Crippen LogP contribution in [0.3, 0.4) is 0 Å². The van der Waals surface area contributed by atoms with Crippen molar-refractivity contribution in [1.29, 1.82) is 0 Å². The summed E-state index contributed by atoms with van der Waals surface area (Å²) >= 11 is 0. The molecule has 0 aromatic rings. The molecular weight excluding hydrogens is 232 g/mol. The van der Waals surface area contributed by atoms with Crippen molar-refractivity contribution in [2.45, 2.75) is 25.5 Å². The van der Waals surface area contributed by atoms with Crippen molar-refractivity contribution in [1.82, 2.24) is 10.2 Å². The molecule has 5 nitrogen and oxygen atoms in total. The molecule has 3 fully saturated rings. The number of rotatable bonds is 1. The number of nitrogens with zero attached hydrogens (tertiary/aromatic N) is 1. The van der Waals surface area contributed by atoms with E-state index in [-0.39, 0.29) is 11.4 Å². The van der Waals surface area contributed by atoms with E-state index in [1.807, 2.05) is 4.90 Å². The highest BCUT2D eigenvalue weighted by molar-refractivity contribution is 5.82. The lowest BCUT2D eigenvalue weighted by Crippen LogP contribution is -2.53. The maximum atomic E-state index is 12.5. The quantitative estimate of drug-likeness (QED) is 0.707. The minimum absolute atomic E-state index is 0.0773. The third kappa shape index (κ3) is 1.85. The summed E-state index contributed by atoms with van der Waals surface area (Å²) in [6.07, 6.45) is -0.398. The van der Waals surface area contributed by atoms with E-state index in [1.54, 1.807) is 0 Å². The lowest BCUT2D eigenvalue weighted by Gasteiger charge is -2.38. The van der Waals surface area contributed by atoms with E-state index in [0.29, 0.717) is 31.7 Å². The van der Waals surface area contributed by atoms with Gasteiger partial charge in [-0.25, -0.2) is 0 Å². The second kappa shape index (κ2) is 4.47. The predicted molar refractivity (Wildman–Crippen MR) is 66.2 cm³/mol. The monoisotopic (exact) mass is 254 g/mol. The first-order chi connectivity index (χ1) is 8.60. The molecule has 18 heavy (non-hydrogen) atoms. The van der Waals surface area contributed by atoms with Gasteiger partial charge in [0.1, 0.15) is 0 Å². The zero-order chi connectivity index (χ0) is 12.8. The summed E-state index contributed by atoms with van der Waals surface area (Å²) in [4.78, 5) is 14.6. The van der Waals surface area contributed by atoms with Gasteiger partial charge in [0.15, 0.2) is 6.10 Å². The van der Waals surface area contributed by atoms with Crippen LogP contribution < -0.4 is 5.32 Å². The van der Waals surface area contributed by atoms with Gasteiger partial charge in [-0.3, -0.25) is 4.79 Å². The Morgan fingerprint density at radius 3 is 2.83 bits per heavy atom. The topological polar surface area (TPSA) is 50.8 Å². The summed E-state index contributed by atoms with van der Waals surface area (Å²) in [6.45, 7) is 8.77. The van der Waals surface area contributed by atoms with Crippen LogP contribution in [0.4, 0.5) is 0 Å². The average molecular weight is 254 g/mol. The molecule has 0 bridgehead atoms. The van der Waals surface area contributed by atoms with Crippen molar-refractivity contribution >= 4 is 5.91 Å². The molecule has 0 aromatic heterocycles. The van der Waals surface area contributed by atoms with Gasteiger partial charge in [0, 0.05) is 25.2 Å². The Labute approximate surface area is 108 Å². The fourth-order valence-corrected chi connectivity index (χ4v) is 3.60. The van der Waals surface area contributed by atoms with E-state index in [2.05, 4.69) is 19.2 Å². The third-order valence-corrected chi connectivity index (χ3v) is 4.72. The summed E-state index contributed by atoms with van der Waals surface area (Å²) < 4.78 is 10.9. The molecular formula is C13H22N2O3. The van der Waals surface area contributed by atoms with Crippen LogP contribution in [0, 0.1) is 11.8 Å². The molecule has 3 atom stereocenters. The first-order valence-electron chi connectivity index (χ1n) is 6.82. The van der Waals surface area contributed by atoms with Crippen LogP contribution in [0.15, 0.2) is 0 Å². The minimum Gasteiger partial charge on any atom is -0.376 e. The first-order valence-corrected chi connectivity index (χ1v) is 6.82. The number of likely N-dealkylation sites (tertiary alicyclic amines) is 1. The molecule has 0 spiro atoms. The largest absolute Gasteiger partial charge is 0.376 e. The molecule has 3 aliphatic rings. The van der Waals surface area contributed by atoms with E-state index in [9.17, 15) is 4.79 Å². The molecule has 3 aliphatic heterocycles. The van der Waals surface area contributed by atoms with Crippen molar-refractivity contribution in [3.8, 4) is 0 Å². The Balaban J connectivity index is 1.74. The highest BCUT2D eigenvalue weighted by atomic mass is 16.6. The molecule has 0 radical (unpaired) electrons. The molecule has 3 heterocycles. The van der Waals surface area contributed by atoms with E-state index in [1.165, 1.54) is 0 Å². The van der Waals surface area contributed by atoms with Crippen LogP contribution in [0.1, 0.15) is 13.8 Å². The molecule has 0 aliphatic carbocycles. The Kier molecular flexibility index (Phi) is 3.08. The number of carbonyl (C=O) groups excluding carboxylic acids is 1. The maximum Gasteiger partial charge on any atom is 0.254 e. The minimum atomic E-state index is -0.398. The van der Waals surface area contributed by atoms with Gasteiger partial charge in [0.05, 0.1) is 19.8 Å². The third-order valence-electron chi connectivity index (χ3n) is 4.72. The van der Waals surface area contributed by atoms with Crippen molar-refractivity contribution in [2.75, 3.05) is 39.5 Å². The van der Waals surface area contributed by atoms with Crippen LogP contribution in [-0.4, -0.2) is 61.9 Å². The Morgan fingerprint density at radius 1 is 1.33 bits per heavy atom. The van der Waals surface area contributed by atoms with Crippen LogP contribution in [-0.2, 0) is 14.3 Å². The first kappa shape index (κ1) is 12.4. The van der Waals surface area contributed by atoms with Gasteiger partial charge in [-0.05, 0) is 25.7 Å². The molecule has 1 amide bonds. The summed E-state index contributed by atoms with van der Waals surface area (Å²) in [6, 6.07) is 0. The highest BCUT2D eigenvalue weighted by Crippen LogP contribution is 2.41. The normalized spacial score (nSPS) is 38.8. The van der Waals surface area contributed by atoms with Gasteiger partial charge >= 0.3 is 0 Å². The van der Waals surface area contributed by atoms with Gasteiger partial charge in [-0.1, -0.05) is 0 Å². The summed E-state index contributed by atoms with van der Waals surface area (Å²) in [5.74, 6) is 1.26. The molecule has 5 heteroatoms.